The van der Waals surface area contributed by atoms with Crippen molar-refractivity contribution in [3.05, 3.63) is 12.3 Å². The van der Waals surface area contributed by atoms with E-state index in [1.165, 1.54) is 19.3 Å². The third kappa shape index (κ3) is 11.5. The van der Waals surface area contributed by atoms with Gasteiger partial charge in [-0.25, -0.2) is 0 Å². The molecule has 0 fully saturated rings. The molecular formula is C11H22O2. The summed E-state index contributed by atoms with van der Waals surface area (Å²) < 4.78 is 5.26. The van der Waals surface area contributed by atoms with E-state index in [1.807, 2.05) is 6.08 Å². The van der Waals surface area contributed by atoms with E-state index < -0.39 is 0 Å². The zero-order valence-electron chi connectivity index (χ0n) is 8.67. The second-order valence-electron chi connectivity index (χ2n) is 3.17. The van der Waals surface area contributed by atoms with Crippen molar-refractivity contribution in [2.45, 2.75) is 45.4 Å². The number of hydrogen-bond donors (Lipinski definition) is 1. The van der Waals surface area contributed by atoms with E-state index in [0.29, 0.717) is 0 Å². The average molecular weight is 186 g/mol. The van der Waals surface area contributed by atoms with E-state index in [1.54, 1.807) is 6.26 Å². The van der Waals surface area contributed by atoms with E-state index in [4.69, 9.17) is 9.84 Å². The molecule has 0 radical (unpaired) electrons. The van der Waals surface area contributed by atoms with Crippen LogP contribution in [0.25, 0.3) is 0 Å². The number of rotatable bonds is 9. The Balaban J connectivity index is 2.93. The molecule has 0 spiro atoms. The third-order valence-electron chi connectivity index (χ3n) is 1.84. The van der Waals surface area contributed by atoms with Crippen molar-refractivity contribution in [3.8, 4) is 0 Å². The summed E-state index contributed by atoms with van der Waals surface area (Å²) in [5.74, 6) is 0. The molecule has 0 aromatic rings. The molecule has 0 aromatic heterocycles. The molecule has 0 bridgehead atoms. The summed E-state index contributed by atoms with van der Waals surface area (Å²) in [4.78, 5) is 0. The van der Waals surface area contributed by atoms with Crippen molar-refractivity contribution in [2.75, 3.05) is 13.2 Å². The SMILES string of the molecule is CCCCCCOC=CCCCO. The summed E-state index contributed by atoms with van der Waals surface area (Å²) in [5.41, 5.74) is 0. The highest BCUT2D eigenvalue weighted by atomic mass is 16.5. The van der Waals surface area contributed by atoms with Gasteiger partial charge in [0.2, 0.25) is 0 Å². The number of ether oxygens (including phenoxy) is 1. The molecule has 0 unspecified atom stereocenters. The number of aliphatic hydroxyl groups is 1. The van der Waals surface area contributed by atoms with Crippen LogP contribution in [0.2, 0.25) is 0 Å². The van der Waals surface area contributed by atoms with Gasteiger partial charge in [-0.05, 0) is 25.3 Å². The molecular weight excluding hydrogens is 164 g/mol. The quantitative estimate of drug-likeness (QED) is 0.443. The molecule has 0 aromatic carbocycles. The van der Waals surface area contributed by atoms with E-state index in [0.717, 1.165) is 25.9 Å². The summed E-state index contributed by atoms with van der Waals surface area (Å²) in [6, 6.07) is 0. The van der Waals surface area contributed by atoms with Crippen molar-refractivity contribution < 1.29 is 9.84 Å². The average Bonchev–Trinajstić information content (AvgIpc) is 2.16. The molecule has 0 atom stereocenters. The number of unbranched alkanes of at least 4 members (excludes halogenated alkanes) is 4. The van der Waals surface area contributed by atoms with Crippen LogP contribution in [0.1, 0.15) is 45.4 Å². The molecule has 0 saturated heterocycles. The van der Waals surface area contributed by atoms with E-state index in [9.17, 15) is 0 Å². The topological polar surface area (TPSA) is 29.5 Å². The lowest BCUT2D eigenvalue weighted by Crippen LogP contribution is -1.87. The Hall–Kier alpha value is -0.500. The summed E-state index contributed by atoms with van der Waals surface area (Å²) >= 11 is 0. The molecule has 2 heteroatoms. The maximum Gasteiger partial charge on any atom is 0.0873 e. The predicted octanol–water partition coefficient (Wildman–Crippen LogP) is 2.87. The van der Waals surface area contributed by atoms with Crippen LogP contribution in [0.4, 0.5) is 0 Å². The Kier molecular flexibility index (Phi) is 11.1. The minimum Gasteiger partial charge on any atom is -0.502 e. The Morgan fingerprint density at radius 1 is 1.15 bits per heavy atom. The zero-order valence-corrected chi connectivity index (χ0v) is 8.67. The van der Waals surface area contributed by atoms with Crippen LogP contribution >= 0.6 is 0 Å². The zero-order chi connectivity index (χ0) is 9.78. The first-order chi connectivity index (χ1) is 6.41. The molecule has 0 rings (SSSR count). The van der Waals surface area contributed by atoms with Crippen LogP contribution in [0, 0.1) is 0 Å². The smallest absolute Gasteiger partial charge is 0.0873 e. The highest BCUT2D eigenvalue weighted by molar-refractivity contribution is 4.72. The Morgan fingerprint density at radius 3 is 2.69 bits per heavy atom. The molecule has 1 N–H and O–H groups in total. The summed E-state index contributed by atoms with van der Waals surface area (Å²) in [6.45, 7) is 3.30. The van der Waals surface area contributed by atoms with Crippen molar-refractivity contribution in [2.24, 2.45) is 0 Å². The van der Waals surface area contributed by atoms with Crippen molar-refractivity contribution in [1.29, 1.82) is 0 Å². The van der Waals surface area contributed by atoms with Crippen LogP contribution in [0.15, 0.2) is 12.3 Å². The lowest BCUT2D eigenvalue weighted by Gasteiger charge is -1.99. The van der Waals surface area contributed by atoms with Crippen molar-refractivity contribution in [3.63, 3.8) is 0 Å². The molecule has 0 aliphatic rings. The molecule has 78 valence electrons. The monoisotopic (exact) mass is 186 g/mol. The van der Waals surface area contributed by atoms with Crippen LogP contribution in [-0.2, 0) is 4.74 Å². The molecule has 0 aliphatic carbocycles. The standard InChI is InChI=1S/C11H22O2/c1-2-3-4-7-10-13-11-8-5-6-9-12/h8,11-12H,2-7,9-10H2,1H3. The molecule has 0 heterocycles. The Morgan fingerprint density at radius 2 is 2.00 bits per heavy atom. The number of aliphatic hydroxyl groups excluding tert-OH is 1. The van der Waals surface area contributed by atoms with Crippen LogP contribution in [0.5, 0.6) is 0 Å². The van der Waals surface area contributed by atoms with Gasteiger partial charge in [0.1, 0.15) is 0 Å². The van der Waals surface area contributed by atoms with Gasteiger partial charge in [-0.1, -0.05) is 26.2 Å². The Labute approximate surface area is 81.6 Å². The summed E-state index contributed by atoms with van der Waals surface area (Å²) in [7, 11) is 0. The van der Waals surface area contributed by atoms with Crippen molar-refractivity contribution in [1.82, 2.24) is 0 Å². The summed E-state index contributed by atoms with van der Waals surface area (Å²) in [5, 5.41) is 8.49. The lowest BCUT2D eigenvalue weighted by atomic mass is 10.2. The first kappa shape index (κ1) is 12.5. The first-order valence-corrected chi connectivity index (χ1v) is 5.29. The van der Waals surface area contributed by atoms with Gasteiger partial charge in [0, 0.05) is 6.61 Å². The van der Waals surface area contributed by atoms with Gasteiger partial charge in [0.05, 0.1) is 12.9 Å². The normalized spacial score (nSPS) is 10.9. The van der Waals surface area contributed by atoms with Crippen molar-refractivity contribution >= 4 is 0 Å². The maximum atomic E-state index is 8.49. The van der Waals surface area contributed by atoms with Crippen LogP contribution in [0.3, 0.4) is 0 Å². The summed E-state index contributed by atoms with van der Waals surface area (Å²) in [6.07, 6.45) is 10.4. The second-order valence-corrected chi connectivity index (χ2v) is 3.17. The second kappa shape index (κ2) is 11.5. The maximum absolute atomic E-state index is 8.49. The molecule has 13 heavy (non-hydrogen) atoms. The largest absolute Gasteiger partial charge is 0.502 e. The van der Waals surface area contributed by atoms with Crippen LogP contribution < -0.4 is 0 Å². The van der Waals surface area contributed by atoms with Gasteiger partial charge in [-0.3, -0.25) is 0 Å². The molecule has 2 nitrogen and oxygen atoms in total. The van der Waals surface area contributed by atoms with Crippen LogP contribution in [-0.4, -0.2) is 18.3 Å². The minimum absolute atomic E-state index is 0.265. The Bertz CT molecular complexity index is 111. The number of allylic oxidation sites excluding steroid dienone is 1. The number of hydrogen-bond acceptors (Lipinski definition) is 2. The highest BCUT2D eigenvalue weighted by Crippen LogP contribution is 1.99. The van der Waals surface area contributed by atoms with Gasteiger partial charge in [-0.15, -0.1) is 0 Å². The minimum atomic E-state index is 0.265. The fourth-order valence-corrected chi connectivity index (χ4v) is 1.03. The molecule has 0 aliphatic heterocycles. The first-order valence-electron chi connectivity index (χ1n) is 5.29. The predicted molar refractivity (Wildman–Crippen MR) is 55.6 cm³/mol. The van der Waals surface area contributed by atoms with E-state index in [2.05, 4.69) is 6.92 Å². The van der Waals surface area contributed by atoms with Gasteiger partial charge < -0.3 is 9.84 Å². The molecule has 0 amide bonds. The lowest BCUT2D eigenvalue weighted by molar-refractivity contribution is 0.239. The third-order valence-corrected chi connectivity index (χ3v) is 1.84. The van der Waals surface area contributed by atoms with Gasteiger partial charge in [-0.2, -0.15) is 0 Å². The van der Waals surface area contributed by atoms with Gasteiger partial charge in [0.25, 0.3) is 0 Å². The van der Waals surface area contributed by atoms with E-state index >= 15 is 0 Å². The molecule has 0 saturated carbocycles. The fraction of sp³-hybridized carbons (Fsp3) is 0.818. The highest BCUT2D eigenvalue weighted by Gasteiger charge is 1.85. The van der Waals surface area contributed by atoms with Gasteiger partial charge in [0.15, 0.2) is 0 Å². The fourth-order valence-electron chi connectivity index (χ4n) is 1.03. The van der Waals surface area contributed by atoms with E-state index in [-0.39, 0.29) is 6.61 Å². The van der Waals surface area contributed by atoms with Gasteiger partial charge >= 0.3 is 0 Å².